The van der Waals surface area contributed by atoms with E-state index >= 15 is 0 Å². The molecule has 0 heterocycles. The second-order valence-corrected chi connectivity index (χ2v) is 8.64. The highest BCUT2D eigenvalue weighted by Crippen LogP contribution is 2.16. The quantitative estimate of drug-likeness (QED) is 0.588. The van der Waals surface area contributed by atoms with Crippen LogP contribution in [-0.4, -0.2) is 38.6 Å². The maximum absolute atomic E-state index is 12.3. The molecule has 0 aliphatic carbocycles. The standard InChI is InChI=1S/C21H24N2O6S/c1-3-16-4-6-18(7-5-16)23-20(25)14-29-21(26)12-13-30(27,28)19-10-8-17(9-11-19)22-15(2)24/h4-11H,3,12-14H2,1-2H3,(H,22,24)(H,23,25). The van der Waals surface area contributed by atoms with Crippen LogP contribution in [0.25, 0.3) is 0 Å². The fourth-order valence-corrected chi connectivity index (χ4v) is 3.75. The number of anilines is 2. The van der Waals surface area contributed by atoms with Gasteiger partial charge in [-0.3, -0.25) is 14.4 Å². The first-order valence-corrected chi connectivity index (χ1v) is 11.0. The van der Waals surface area contributed by atoms with Crippen LogP contribution in [0.3, 0.4) is 0 Å². The zero-order valence-electron chi connectivity index (χ0n) is 16.8. The van der Waals surface area contributed by atoms with Crippen LogP contribution in [0, 0.1) is 0 Å². The van der Waals surface area contributed by atoms with Gasteiger partial charge in [0.05, 0.1) is 17.1 Å². The van der Waals surface area contributed by atoms with Gasteiger partial charge in [0.25, 0.3) is 5.91 Å². The summed E-state index contributed by atoms with van der Waals surface area (Å²) in [6.07, 6.45) is 0.502. The minimum Gasteiger partial charge on any atom is -0.456 e. The molecule has 0 saturated carbocycles. The van der Waals surface area contributed by atoms with Gasteiger partial charge in [-0.05, 0) is 48.4 Å². The summed E-state index contributed by atoms with van der Waals surface area (Å²) in [5.41, 5.74) is 2.18. The molecule has 9 heteroatoms. The number of sulfone groups is 1. The van der Waals surface area contributed by atoms with Crippen LogP contribution < -0.4 is 10.6 Å². The van der Waals surface area contributed by atoms with E-state index in [0.717, 1.165) is 12.0 Å². The van der Waals surface area contributed by atoms with E-state index in [1.54, 1.807) is 12.1 Å². The average Bonchev–Trinajstić information content (AvgIpc) is 2.71. The van der Waals surface area contributed by atoms with Gasteiger partial charge in [-0.15, -0.1) is 0 Å². The number of carbonyl (C=O) groups excluding carboxylic acids is 3. The lowest BCUT2D eigenvalue weighted by atomic mass is 10.1. The minimum atomic E-state index is -3.71. The molecular formula is C21H24N2O6S. The molecule has 0 aliphatic heterocycles. The van der Waals surface area contributed by atoms with Crippen molar-refractivity contribution in [2.75, 3.05) is 23.0 Å². The number of nitrogens with one attached hydrogen (secondary N) is 2. The van der Waals surface area contributed by atoms with E-state index < -0.39 is 34.1 Å². The third-order valence-corrected chi connectivity index (χ3v) is 5.85. The number of hydrogen-bond acceptors (Lipinski definition) is 6. The molecule has 0 atom stereocenters. The molecule has 160 valence electrons. The number of hydrogen-bond donors (Lipinski definition) is 2. The smallest absolute Gasteiger partial charge is 0.307 e. The zero-order chi connectivity index (χ0) is 22.1. The van der Waals surface area contributed by atoms with Crippen molar-refractivity contribution < 1.29 is 27.5 Å². The van der Waals surface area contributed by atoms with Crippen LogP contribution in [0.4, 0.5) is 11.4 Å². The van der Waals surface area contributed by atoms with Gasteiger partial charge < -0.3 is 15.4 Å². The molecule has 2 aromatic rings. The van der Waals surface area contributed by atoms with Gasteiger partial charge in [0.2, 0.25) is 5.91 Å². The summed E-state index contributed by atoms with van der Waals surface area (Å²) in [6, 6.07) is 12.9. The van der Waals surface area contributed by atoms with Crippen LogP contribution >= 0.6 is 0 Å². The van der Waals surface area contributed by atoms with Crippen molar-refractivity contribution >= 4 is 39.0 Å². The number of esters is 1. The molecule has 0 aliphatic rings. The maximum atomic E-state index is 12.3. The SMILES string of the molecule is CCc1ccc(NC(=O)COC(=O)CCS(=O)(=O)c2ccc(NC(C)=O)cc2)cc1. The maximum Gasteiger partial charge on any atom is 0.307 e. The van der Waals surface area contributed by atoms with Crippen LogP contribution in [0.15, 0.2) is 53.4 Å². The molecular weight excluding hydrogens is 408 g/mol. The summed E-state index contributed by atoms with van der Waals surface area (Å²) < 4.78 is 29.5. The monoisotopic (exact) mass is 432 g/mol. The Bertz CT molecular complexity index is 999. The summed E-state index contributed by atoms with van der Waals surface area (Å²) in [7, 11) is -3.71. The van der Waals surface area contributed by atoms with Crippen LogP contribution in [0.1, 0.15) is 25.8 Å². The lowest BCUT2D eigenvalue weighted by Crippen LogP contribution is -2.22. The second kappa shape index (κ2) is 10.5. The van der Waals surface area contributed by atoms with Crippen molar-refractivity contribution in [2.45, 2.75) is 31.6 Å². The first kappa shape index (κ1) is 23.1. The zero-order valence-corrected chi connectivity index (χ0v) is 17.6. The lowest BCUT2D eigenvalue weighted by molar-refractivity contribution is -0.146. The fraction of sp³-hybridized carbons (Fsp3) is 0.286. The van der Waals surface area contributed by atoms with Gasteiger partial charge in [-0.25, -0.2) is 8.42 Å². The van der Waals surface area contributed by atoms with Crippen molar-refractivity contribution in [3.8, 4) is 0 Å². The normalized spacial score (nSPS) is 10.9. The van der Waals surface area contributed by atoms with Gasteiger partial charge in [0.15, 0.2) is 16.4 Å². The summed E-state index contributed by atoms with van der Waals surface area (Å²) in [6.45, 7) is 2.87. The molecule has 0 spiro atoms. The van der Waals surface area contributed by atoms with E-state index in [1.165, 1.54) is 31.2 Å². The molecule has 0 bridgehead atoms. The van der Waals surface area contributed by atoms with E-state index in [-0.39, 0.29) is 17.2 Å². The minimum absolute atomic E-state index is 0.0256. The van der Waals surface area contributed by atoms with Gasteiger partial charge in [0, 0.05) is 18.3 Å². The molecule has 2 rings (SSSR count). The van der Waals surface area contributed by atoms with Crippen molar-refractivity contribution in [1.29, 1.82) is 0 Å². The van der Waals surface area contributed by atoms with E-state index in [0.29, 0.717) is 11.4 Å². The molecule has 2 amide bonds. The largest absolute Gasteiger partial charge is 0.456 e. The average molecular weight is 432 g/mol. The molecule has 0 aromatic heterocycles. The van der Waals surface area contributed by atoms with Crippen molar-refractivity contribution in [3.63, 3.8) is 0 Å². The Morgan fingerprint density at radius 3 is 2.03 bits per heavy atom. The second-order valence-electron chi connectivity index (χ2n) is 6.53. The molecule has 0 radical (unpaired) electrons. The summed E-state index contributed by atoms with van der Waals surface area (Å²) in [5.74, 6) is -2.02. The Morgan fingerprint density at radius 1 is 0.900 bits per heavy atom. The topological polar surface area (TPSA) is 119 Å². The Labute approximate surface area is 175 Å². The lowest BCUT2D eigenvalue weighted by Gasteiger charge is -2.08. The molecule has 0 unspecified atom stereocenters. The molecule has 2 N–H and O–H groups in total. The first-order chi connectivity index (χ1) is 14.2. The highest BCUT2D eigenvalue weighted by Gasteiger charge is 2.18. The third-order valence-electron chi connectivity index (χ3n) is 4.12. The highest BCUT2D eigenvalue weighted by atomic mass is 32.2. The summed E-state index contributed by atoms with van der Waals surface area (Å²) in [4.78, 5) is 34.7. The Kier molecular flexibility index (Phi) is 8.11. The molecule has 0 saturated heterocycles. The van der Waals surface area contributed by atoms with Gasteiger partial charge in [-0.2, -0.15) is 0 Å². The van der Waals surface area contributed by atoms with Crippen molar-refractivity contribution in [2.24, 2.45) is 0 Å². The van der Waals surface area contributed by atoms with Crippen LogP contribution in [0.5, 0.6) is 0 Å². The summed E-state index contributed by atoms with van der Waals surface area (Å²) in [5, 5.41) is 5.14. The third kappa shape index (κ3) is 7.32. The van der Waals surface area contributed by atoms with E-state index in [2.05, 4.69) is 10.6 Å². The Morgan fingerprint density at radius 2 is 1.47 bits per heavy atom. The van der Waals surface area contributed by atoms with E-state index in [9.17, 15) is 22.8 Å². The molecule has 30 heavy (non-hydrogen) atoms. The number of rotatable bonds is 9. The number of carbonyl (C=O) groups is 3. The molecule has 0 fully saturated rings. The Balaban J connectivity index is 1.79. The van der Waals surface area contributed by atoms with Crippen molar-refractivity contribution in [3.05, 3.63) is 54.1 Å². The number of benzene rings is 2. The van der Waals surface area contributed by atoms with Crippen LogP contribution in [0.2, 0.25) is 0 Å². The number of ether oxygens (including phenoxy) is 1. The van der Waals surface area contributed by atoms with Gasteiger partial charge >= 0.3 is 5.97 Å². The van der Waals surface area contributed by atoms with Gasteiger partial charge in [0.1, 0.15) is 0 Å². The predicted molar refractivity (Wildman–Crippen MR) is 113 cm³/mol. The first-order valence-electron chi connectivity index (χ1n) is 9.34. The van der Waals surface area contributed by atoms with Gasteiger partial charge in [-0.1, -0.05) is 19.1 Å². The van der Waals surface area contributed by atoms with Crippen molar-refractivity contribution in [1.82, 2.24) is 0 Å². The van der Waals surface area contributed by atoms with Crippen LogP contribution in [-0.2, 0) is 35.4 Å². The van der Waals surface area contributed by atoms with E-state index in [4.69, 9.17) is 4.74 Å². The number of aryl methyl sites for hydroxylation is 1. The summed E-state index contributed by atoms with van der Waals surface area (Å²) >= 11 is 0. The predicted octanol–water partition coefficient (Wildman–Crippen LogP) is 2.55. The highest BCUT2D eigenvalue weighted by molar-refractivity contribution is 7.91. The number of amides is 2. The Hall–Kier alpha value is -3.20. The van der Waals surface area contributed by atoms with E-state index in [1.807, 2.05) is 19.1 Å². The molecule has 2 aromatic carbocycles. The molecule has 8 nitrogen and oxygen atoms in total. The fourth-order valence-electron chi connectivity index (χ4n) is 2.52.